The number of benzene rings is 1. The molecule has 2 atom stereocenters. The highest BCUT2D eigenvalue weighted by atomic mass is 16.3. The van der Waals surface area contributed by atoms with E-state index in [2.05, 4.69) is 52.6 Å². The lowest BCUT2D eigenvalue weighted by Crippen LogP contribution is -2.41. The highest BCUT2D eigenvalue weighted by Gasteiger charge is 2.32. The number of hydrogen-bond donors (Lipinski definition) is 1. The van der Waals surface area contributed by atoms with Crippen LogP contribution in [0.3, 0.4) is 0 Å². The van der Waals surface area contributed by atoms with Crippen molar-refractivity contribution in [3.05, 3.63) is 53.6 Å². The molecule has 2 heterocycles. The Morgan fingerprint density at radius 3 is 2.56 bits per heavy atom. The molecule has 0 bridgehead atoms. The van der Waals surface area contributed by atoms with E-state index in [1.54, 1.807) is 0 Å². The molecule has 3 rings (SSSR count). The molecule has 1 fully saturated rings. The maximum Gasteiger partial charge on any atom is 0.0946 e. The zero-order valence-electron chi connectivity index (χ0n) is 15.6. The summed E-state index contributed by atoms with van der Waals surface area (Å²) < 4.78 is 2.16. The number of imidazole rings is 1. The van der Waals surface area contributed by atoms with E-state index in [-0.39, 0.29) is 6.61 Å². The zero-order valence-corrected chi connectivity index (χ0v) is 15.6. The molecule has 0 unspecified atom stereocenters. The smallest absolute Gasteiger partial charge is 0.0946 e. The molecule has 0 amide bonds. The van der Waals surface area contributed by atoms with Crippen LogP contribution in [0.5, 0.6) is 0 Å². The molecule has 0 saturated carbocycles. The summed E-state index contributed by atoms with van der Waals surface area (Å²) in [5.41, 5.74) is 3.57. The van der Waals surface area contributed by atoms with Gasteiger partial charge in [-0.15, -0.1) is 0 Å². The van der Waals surface area contributed by atoms with Crippen molar-refractivity contribution in [2.45, 2.75) is 32.0 Å². The van der Waals surface area contributed by atoms with Gasteiger partial charge in [-0.3, -0.25) is 4.90 Å². The van der Waals surface area contributed by atoms with E-state index >= 15 is 0 Å². The van der Waals surface area contributed by atoms with E-state index in [4.69, 9.17) is 0 Å². The van der Waals surface area contributed by atoms with Crippen molar-refractivity contribution < 1.29 is 5.11 Å². The van der Waals surface area contributed by atoms with Crippen LogP contribution in [-0.4, -0.2) is 51.6 Å². The molecule has 1 saturated heterocycles. The summed E-state index contributed by atoms with van der Waals surface area (Å²) in [6.07, 6.45) is 6.44. The van der Waals surface area contributed by atoms with Crippen LogP contribution in [0.1, 0.15) is 35.7 Å². The van der Waals surface area contributed by atoms with Crippen LogP contribution in [0, 0.1) is 5.92 Å². The molecule has 1 aromatic carbocycles. The predicted octanol–water partition coefficient (Wildman–Crippen LogP) is 2.43. The van der Waals surface area contributed by atoms with Crippen LogP contribution >= 0.6 is 0 Å². The minimum Gasteiger partial charge on any atom is -0.392 e. The van der Waals surface area contributed by atoms with Gasteiger partial charge < -0.3 is 14.6 Å². The molecule has 0 radical (unpaired) electrons. The molecular formula is C20H30N4O. The fraction of sp³-hybridized carbons (Fsp3) is 0.550. The largest absolute Gasteiger partial charge is 0.392 e. The summed E-state index contributed by atoms with van der Waals surface area (Å²) >= 11 is 0. The van der Waals surface area contributed by atoms with E-state index in [0.717, 1.165) is 25.2 Å². The molecule has 0 aliphatic carbocycles. The van der Waals surface area contributed by atoms with Gasteiger partial charge in [0.2, 0.25) is 0 Å². The minimum absolute atomic E-state index is 0.108. The molecule has 1 N–H and O–H groups in total. The number of aryl methyl sites for hydroxylation is 1. The Kier molecular flexibility index (Phi) is 5.89. The van der Waals surface area contributed by atoms with Gasteiger partial charge in [-0.25, -0.2) is 4.98 Å². The van der Waals surface area contributed by atoms with E-state index < -0.39 is 0 Å². The van der Waals surface area contributed by atoms with Gasteiger partial charge in [0, 0.05) is 26.3 Å². The lowest BCUT2D eigenvalue weighted by Gasteiger charge is -2.40. The second-order valence-electron chi connectivity index (χ2n) is 7.43. The van der Waals surface area contributed by atoms with Gasteiger partial charge in [0.25, 0.3) is 0 Å². The third-order valence-electron chi connectivity index (χ3n) is 5.37. The molecule has 0 spiro atoms. The third kappa shape index (κ3) is 4.29. The van der Waals surface area contributed by atoms with Gasteiger partial charge in [0.1, 0.15) is 0 Å². The van der Waals surface area contributed by atoms with E-state index in [0.29, 0.717) is 12.0 Å². The molecule has 1 aliphatic rings. The highest BCUT2D eigenvalue weighted by Crippen LogP contribution is 2.35. The first-order valence-electron chi connectivity index (χ1n) is 9.12. The minimum atomic E-state index is 0.108. The SMILES string of the molecule is CN(Cc1ccc(CO)cc1)C[C@@H]1CCCN(C)[C@H]1c1cncn1C. The Hall–Kier alpha value is -1.69. The van der Waals surface area contributed by atoms with Gasteiger partial charge in [-0.05, 0) is 50.5 Å². The molecule has 5 nitrogen and oxygen atoms in total. The van der Waals surface area contributed by atoms with Gasteiger partial charge in [0.05, 0.1) is 24.7 Å². The number of piperidine rings is 1. The van der Waals surface area contributed by atoms with Crippen molar-refractivity contribution in [1.82, 2.24) is 19.4 Å². The summed E-state index contributed by atoms with van der Waals surface area (Å²) in [7, 11) is 6.53. The second-order valence-corrected chi connectivity index (χ2v) is 7.43. The van der Waals surface area contributed by atoms with Crippen LogP contribution in [0.4, 0.5) is 0 Å². The Morgan fingerprint density at radius 1 is 1.20 bits per heavy atom. The van der Waals surface area contributed by atoms with E-state index in [1.807, 2.05) is 24.7 Å². The van der Waals surface area contributed by atoms with Gasteiger partial charge in [-0.2, -0.15) is 0 Å². The van der Waals surface area contributed by atoms with Crippen LogP contribution in [0.2, 0.25) is 0 Å². The number of nitrogens with zero attached hydrogens (tertiary/aromatic N) is 4. The van der Waals surface area contributed by atoms with Crippen molar-refractivity contribution in [3.8, 4) is 0 Å². The number of likely N-dealkylation sites (tertiary alicyclic amines) is 1. The first-order chi connectivity index (χ1) is 12.1. The molecule has 2 aromatic rings. The Morgan fingerprint density at radius 2 is 1.92 bits per heavy atom. The fourth-order valence-electron chi connectivity index (χ4n) is 4.10. The van der Waals surface area contributed by atoms with Gasteiger partial charge in [-0.1, -0.05) is 24.3 Å². The van der Waals surface area contributed by atoms with Gasteiger partial charge in [0.15, 0.2) is 0 Å². The summed E-state index contributed by atoms with van der Waals surface area (Å²) in [5, 5.41) is 9.17. The van der Waals surface area contributed by atoms with Crippen LogP contribution in [-0.2, 0) is 20.2 Å². The van der Waals surface area contributed by atoms with E-state index in [1.165, 1.54) is 24.1 Å². The maximum absolute atomic E-state index is 9.17. The molecule has 25 heavy (non-hydrogen) atoms. The average molecular weight is 342 g/mol. The average Bonchev–Trinajstić information content (AvgIpc) is 3.01. The standard InChI is InChI=1S/C20H30N4O/c1-22(12-16-6-8-17(14-25)9-7-16)13-18-5-4-10-23(2)20(18)19-11-21-15-24(19)3/h6-9,11,15,18,20,25H,4-5,10,12-14H2,1-3H3/t18-,20+/m0/s1. The van der Waals surface area contributed by atoms with Crippen LogP contribution < -0.4 is 0 Å². The predicted molar refractivity (Wildman–Crippen MR) is 100 cm³/mol. The summed E-state index contributed by atoms with van der Waals surface area (Å²) in [6, 6.07) is 8.69. The number of aromatic nitrogens is 2. The van der Waals surface area contributed by atoms with Crippen molar-refractivity contribution in [2.75, 3.05) is 27.2 Å². The van der Waals surface area contributed by atoms with Crippen molar-refractivity contribution in [2.24, 2.45) is 13.0 Å². The number of rotatable bonds is 6. The van der Waals surface area contributed by atoms with Crippen molar-refractivity contribution >= 4 is 0 Å². The van der Waals surface area contributed by atoms with Crippen LogP contribution in [0.25, 0.3) is 0 Å². The molecular weight excluding hydrogens is 312 g/mol. The summed E-state index contributed by atoms with van der Waals surface area (Å²) in [5.74, 6) is 0.607. The van der Waals surface area contributed by atoms with Crippen LogP contribution in [0.15, 0.2) is 36.8 Å². The lowest BCUT2D eigenvalue weighted by molar-refractivity contribution is 0.0880. The lowest BCUT2D eigenvalue weighted by atomic mass is 9.87. The Balaban J connectivity index is 1.67. The molecule has 1 aliphatic heterocycles. The molecule has 5 heteroatoms. The topological polar surface area (TPSA) is 44.5 Å². The number of hydrogen-bond acceptors (Lipinski definition) is 4. The highest BCUT2D eigenvalue weighted by molar-refractivity contribution is 5.21. The summed E-state index contributed by atoms with van der Waals surface area (Å²) in [6.45, 7) is 3.27. The number of aliphatic hydroxyl groups is 1. The Labute approximate surface area is 150 Å². The quantitative estimate of drug-likeness (QED) is 0.876. The zero-order chi connectivity index (χ0) is 17.8. The van der Waals surface area contributed by atoms with Crippen molar-refractivity contribution in [3.63, 3.8) is 0 Å². The maximum atomic E-state index is 9.17. The normalized spacial score (nSPS) is 21.8. The second kappa shape index (κ2) is 8.13. The van der Waals surface area contributed by atoms with Crippen molar-refractivity contribution in [1.29, 1.82) is 0 Å². The first kappa shape index (κ1) is 18.1. The third-order valence-corrected chi connectivity index (χ3v) is 5.37. The Bertz CT molecular complexity index is 667. The summed E-state index contributed by atoms with van der Waals surface area (Å²) in [4.78, 5) is 9.23. The number of aliphatic hydroxyl groups excluding tert-OH is 1. The monoisotopic (exact) mass is 342 g/mol. The first-order valence-corrected chi connectivity index (χ1v) is 9.12. The molecule has 136 valence electrons. The fourth-order valence-corrected chi connectivity index (χ4v) is 4.10. The van der Waals surface area contributed by atoms with Gasteiger partial charge >= 0.3 is 0 Å². The molecule has 1 aromatic heterocycles. The van der Waals surface area contributed by atoms with E-state index in [9.17, 15) is 5.11 Å².